The van der Waals surface area contributed by atoms with E-state index in [0.717, 1.165) is 33.7 Å². The number of anilines is 2. The average Bonchev–Trinajstić information content (AvgIpc) is 2.98. The number of carbonyl (C=O) groups excluding carboxylic acids is 1. The van der Waals surface area contributed by atoms with Gasteiger partial charge in [-0.25, -0.2) is 13.4 Å². The van der Waals surface area contributed by atoms with Crippen LogP contribution in [0.3, 0.4) is 0 Å². The number of sulfonamides is 1. The van der Waals surface area contributed by atoms with Crippen LogP contribution in [0.25, 0.3) is 0 Å². The number of rotatable bonds is 5. The van der Waals surface area contributed by atoms with Gasteiger partial charge in [-0.15, -0.1) is 0 Å². The summed E-state index contributed by atoms with van der Waals surface area (Å²) in [5, 5.41) is 3.06. The molecular weight excluding hydrogens is 394 g/mol. The smallest absolute Gasteiger partial charge is 0.267 e. The topological polar surface area (TPSA) is 88.2 Å². The number of aryl methyl sites for hydroxylation is 4. The molecule has 1 aromatic heterocycles. The molecule has 0 saturated heterocycles. The van der Waals surface area contributed by atoms with Crippen molar-refractivity contribution < 1.29 is 13.2 Å². The molecule has 0 bridgehead atoms. The van der Waals surface area contributed by atoms with E-state index >= 15 is 0 Å². The zero-order valence-corrected chi connectivity index (χ0v) is 17.7. The third-order valence-corrected chi connectivity index (χ3v) is 6.83. The lowest BCUT2D eigenvalue weighted by Gasteiger charge is -2.10. The number of amides is 1. The first-order chi connectivity index (χ1) is 13.2. The van der Waals surface area contributed by atoms with E-state index in [9.17, 15) is 13.2 Å². The molecule has 0 aliphatic heterocycles. The van der Waals surface area contributed by atoms with E-state index in [0.29, 0.717) is 10.6 Å². The Morgan fingerprint density at radius 1 is 0.964 bits per heavy atom. The molecule has 6 nitrogen and oxygen atoms in total. The Labute approximate surface area is 168 Å². The number of hydrogen-bond acceptors (Lipinski definition) is 5. The van der Waals surface area contributed by atoms with Gasteiger partial charge < -0.3 is 5.32 Å². The van der Waals surface area contributed by atoms with Gasteiger partial charge in [-0.05, 0) is 51.0 Å². The fourth-order valence-corrected chi connectivity index (χ4v) is 4.82. The van der Waals surface area contributed by atoms with Crippen LogP contribution in [0.2, 0.25) is 0 Å². The zero-order valence-electron chi connectivity index (χ0n) is 16.0. The second-order valence-corrected chi connectivity index (χ2v) is 9.25. The minimum absolute atomic E-state index is 0.146. The summed E-state index contributed by atoms with van der Waals surface area (Å²) in [4.78, 5) is 17.4. The molecule has 3 rings (SSSR count). The fourth-order valence-electron chi connectivity index (χ4n) is 2.72. The molecule has 0 aliphatic carbocycles. The van der Waals surface area contributed by atoms with Gasteiger partial charge in [0.15, 0.2) is 5.13 Å². The number of nitrogens with one attached hydrogen (secondary N) is 2. The van der Waals surface area contributed by atoms with Gasteiger partial charge in [0.25, 0.3) is 15.9 Å². The van der Waals surface area contributed by atoms with Crippen molar-refractivity contribution in [1.29, 1.82) is 0 Å². The Morgan fingerprint density at radius 2 is 1.57 bits per heavy atom. The van der Waals surface area contributed by atoms with Crippen LogP contribution in [0.4, 0.5) is 10.8 Å². The Kier molecular flexibility index (Phi) is 5.53. The first-order valence-corrected chi connectivity index (χ1v) is 10.9. The molecule has 0 aliphatic rings. The highest BCUT2D eigenvalue weighted by Gasteiger charge is 2.21. The Morgan fingerprint density at radius 3 is 2.18 bits per heavy atom. The van der Waals surface area contributed by atoms with Gasteiger partial charge in [0.1, 0.15) is 4.88 Å². The van der Waals surface area contributed by atoms with E-state index in [1.54, 1.807) is 19.1 Å². The van der Waals surface area contributed by atoms with Crippen LogP contribution >= 0.6 is 11.3 Å². The van der Waals surface area contributed by atoms with Crippen molar-refractivity contribution in [2.75, 3.05) is 10.0 Å². The molecule has 0 atom stereocenters. The third-order valence-electron chi connectivity index (χ3n) is 4.28. The molecule has 0 radical (unpaired) electrons. The Bertz CT molecular complexity index is 1110. The van der Waals surface area contributed by atoms with E-state index in [4.69, 9.17) is 0 Å². The Balaban J connectivity index is 1.83. The quantitative estimate of drug-likeness (QED) is 0.645. The van der Waals surface area contributed by atoms with Gasteiger partial charge in [0, 0.05) is 5.69 Å². The van der Waals surface area contributed by atoms with Crippen molar-refractivity contribution >= 4 is 38.1 Å². The van der Waals surface area contributed by atoms with E-state index in [1.807, 2.05) is 39.0 Å². The third kappa shape index (κ3) is 4.23. The molecule has 2 N–H and O–H groups in total. The maximum atomic E-state index is 12.7. The van der Waals surface area contributed by atoms with Gasteiger partial charge in [-0.2, -0.15) is 0 Å². The fraction of sp³-hybridized carbons (Fsp3) is 0.200. The van der Waals surface area contributed by atoms with Crippen molar-refractivity contribution in [1.82, 2.24) is 4.98 Å². The minimum Gasteiger partial charge on any atom is -0.321 e. The van der Waals surface area contributed by atoms with Crippen LogP contribution < -0.4 is 10.0 Å². The first kappa shape index (κ1) is 20.0. The zero-order chi connectivity index (χ0) is 20.5. The summed E-state index contributed by atoms with van der Waals surface area (Å²) in [5.41, 5.74) is 4.10. The van der Waals surface area contributed by atoms with Crippen LogP contribution in [-0.2, 0) is 10.0 Å². The molecular formula is C20H21N3O3S2. The molecule has 0 fully saturated rings. The summed E-state index contributed by atoms with van der Waals surface area (Å²) in [6, 6.07) is 12.3. The van der Waals surface area contributed by atoms with Gasteiger partial charge in [-0.1, -0.05) is 47.2 Å². The van der Waals surface area contributed by atoms with E-state index < -0.39 is 10.0 Å². The number of thiazole rings is 1. The second-order valence-electron chi connectivity index (χ2n) is 6.57. The molecule has 2 aromatic carbocycles. The average molecular weight is 416 g/mol. The predicted molar refractivity (Wildman–Crippen MR) is 113 cm³/mol. The van der Waals surface area contributed by atoms with Crippen molar-refractivity contribution in [3.8, 4) is 0 Å². The lowest BCUT2D eigenvalue weighted by atomic mass is 10.1. The highest BCUT2D eigenvalue weighted by molar-refractivity contribution is 7.93. The summed E-state index contributed by atoms with van der Waals surface area (Å²) in [6.07, 6.45) is 0. The van der Waals surface area contributed by atoms with Crippen LogP contribution in [0.1, 0.15) is 32.1 Å². The lowest BCUT2D eigenvalue weighted by Crippen LogP contribution is -2.13. The van der Waals surface area contributed by atoms with E-state index in [2.05, 4.69) is 15.0 Å². The van der Waals surface area contributed by atoms with Crippen LogP contribution in [0.15, 0.2) is 47.4 Å². The highest BCUT2D eigenvalue weighted by atomic mass is 32.2. The van der Waals surface area contributed by atoms with E-state index in [-0.39, 0.29) is 15.9 Å². The van der Waals surface area contributed by atoms with Crippen molar-refractivity contribution in [3.63, 3.8) is 0 Å². The monoisotopic (exact) mass is 415 g/mol. The maximum Gasteiger partial charge on any atom is 0.267 e. The molecule has 28 heavy (non-hydrogen) atoms. The Hall–Kier alpha value is -2.71. The van der Waals surface area contributed by atoms with Crippen molar-refractivity contribution in [2.45, 2.75) is 32.6 Å². The molecule has 0 saturated carbocycles. The van der Waals surface area contributed by atoms with E-state index in [1.165, 1.54) is 12.1 Å². The van der Waals surface area contributed by atoms with Gasteiger partial charge in [-0.3, -0.25) is 9.52 Å². The molecule has 0 unspecified atom stereocenters. The number of benzene rings is 2. The highest BCUT2D eigenvalue weighted by Crippen LogP contribution is 2.27. The van der Waals surface area contributed by atoms with Crippen LogP contribution in [0, 0.1) is 27.7 Å². The number of nitrogens with zero attached hydrogens (tertiary/aromatic N) is 1. The summed E-state index contributed by atoms with van der Waals surface area (Å²) < 4.78 is 27.5. The normalized spacial score (nSPS) is 11.3. The number of hydrogen-bond donors (Lipinski definition) is 2. The summed E-state index contributed by atoms with van der Waals surface area (Å²) in [6.45, 7) is 7.40. The second kappa shape index (κ2) is 7.73. The number of carbonyl (C=O) groups is 1. The van der Waals surface area contributed by atoms with Gasteiger partial charge in [0.05, 0.1) is 10.6 Å². The molecule has 1 amide bonds. The molecule has 146 valence electrons. The van der Waals surface area contributed by atoms with Crippen LogP contribution in [0.5, 0.6) is 0 Å². The first-order valence-electron chi connectivity index (χ1n) is 8.62. The number of para-hydroxylation sites is 1. The number of aromatic nitrogens is 1. The largest absolute Gasteiger partial charge is 0.321 e. The van der Waals surface area contributed by atoms with Crippen molar-refractivity contribution in [3.05, 3.63) is 69.7 Å². The summed E-state index contributed by atoms with van der Waals surface area (Å²) in [7, 11) is -3.77. The van der Waals surface area contributed by atoms with Gasteiger partial charge in [0.2, 0.25) is 0 Å². The lowest BCUT2D eigenvalue weighted by molar-refractivity contribution is 0.102. The minimum atomic E-state index is -3.77. The standard InChI is InChI=1S/C20H21N3O3S2/c1-12-8-10-16(11-9-12)28(25,26)23-20-21-15(4)18(27-20)19(24)22-17-13(2)6-5-7-14(17)3/h5-11H,1-4H3,(H,21,23)(H,22,24). The molecule has 8 heteroatoms. The molecule has 3 aromatic rings. The van der Waals surface area contributed by atoms with Crippen molar-refractivity contribution in [2.24, 2.45) is 0 Å². The van der Waals surface area contributed by atoms with Gasteiger partial charge >= 0.3 is 0 Å². The van der Waals surface area contributed by atoms with Crippen LogP contribution in [-0.4, -0.2) is 19.3 Å². The molecule has 0 spiro atoms. The summed E-state index contributed by atoms with van der Waals surface area (Å²) in [5.74, 6) is -0.312. The summed E-state index contributed by atoms with van der Waals surface area (Å²) >= 11 is 1.01. The molecule has 1 heterocycles. The maximum absolute atomic E-state index is 12.7. The SMILES string of the molecule is Cc1ccc(S(=O)(=O)Nc2nc(C)c(C(=O)Nc3c(C)cccc3C)s2)cc1. The predicted octanol–water partition coefficient (Wildman–Crippen LogP) is 4.43.